The fraction of sp³-hybridized carbons (Fsp3) is 0.364. The third kappa shape index (κ3) is 4.71. The van der Waals surface area contributed by atoms with Crippen molar-refractivity contribution in [2.45, 2.75) is 13.0 Å². The number of aliphatic hydroxyl groups excluding tert-OH is 2. The highest BCUT2D eigenvalue weighted by atomic mass is 16.5. The first-order chi connectivity index (χ1) is 9.43. The Morgan fingerprint density at radius 1 is 1.70 bits per heavy atom. The molecule has 2 aromatic rings. The molecule has 0 bridgehead atoms. The van der Waals surface area contributed by atoms with Gasteiger partial charge < -0.3 is 25.0 Å². The van der Waals surface area contributed by atoms with Gasteiger partial charge in [-0.1, -0.05) is 6.92 Å². The lowest BCUT2D eigenvalue weighted by Crippen LogP contribution is -2.25. The first-order valence-electron chi connectivity index (χ1n) is 5.70. The van der Waals surface area contributed by atoms with E-state index in [2.05, 4.69) is 26.5 Å². The lowest BCUT2D eigenvalue weighted by Gasteiger charge is -2.07. The molecule has 0 aliphatic heterocycles. The molecule has 0 radical (unpaired) electrons. The molecule has 20 heavy (non-hydrogen) atoms. The fourth-order valence-electron chi connectivity index (χ4n) is 1.20. The second-order valence-electron chi connectivity index (χ2n) is 3.90. The summed E-state index contributed by atoms with van der Waals surface area (Å²) in [5.41, 5.74) is 6.49. The highest BCUT2D eigenvalue weighted by molar-refractivity contribution is 5.74. The molecule has 2 rings (SSSR count). The van der Waals surface area contributed by atoms with Crippen LogP contribution in [0.3, 0.4) is 0 Å². The molecule has 2 heterocycles. The molecule has 9 heteroatoms. The Kier molecular flexibility index (Phi) is 5.69. The Labute approximate surface area is 114 Å². The van der Waals surface area contributed by atoms with Gasteiger partial charge in [0.15, 0.2) is 5.52 Å². The van der Waals surface area contributed by atoms with Crippen molar-refractivity contribution in [3.63, 3.8) is 0 Å². The smallest absolute Gasteiger partial charge is 0.392 e. The highest BCUT2D eigenvalue weighted by Crippen LogP contribution is 2.15. The number of anilines is 1. The van der Waals surface area contributed by atoms with Crippen LogP contribution in [0.1, 0.15) is 6.92 Å². The number of fused-ring (bicyclic) bond motifs is 1. The normalized spacial score (nSPS) is 11.6. The minimum absolute atomic E-state index is 0.0510. The molecule has 0 amide bonds. The zero-order valence-corrected chi connectivity index (χ0v) is 11.0. The largest absolute Gasteiger partial charge is 0.876 e. The molecule has 0 saturated carbocycles. The van der Waals surface area contributed by atoms with E-state index in [-0.39, 0.29) is 24.9 Å². The first-order valence-corrected chi connectivity index (χ1v) is 5.70. The zero-order chi connectivity index (χ0) is 15.1. The molecule has 0 spiro atoms. The number of hydrogen-bond donors (Lipinski definition) is 4. The molecule has 0 aromatic carbocycles. The topological polar surface area (TPSA) is 154 Å². The maximum atomic E-state index is 9.33. The molecule has 0 aliphatic rings. The lowest BCUT2D eigenvalue weighted by atomic mass is 10.4. The summed E-state index contributed by atoms with van der Waals surface area (Å²) in [6.45, 7) is 4.00. The summed E-state index contributed by atoms with van der Waals surface area (Å²) in [6, 6.07) is 0. The minimum Gasteiger partial charge on any atom is -0.876 e. The third-order valence-electron chi connectivity index (χ3n) is 1.95. The Bertz CT molecular complexity index is 567. The molecule has 0 aliphatic carbocycles. The van der Waals surface area contributed by atoms with Crippen molar-refractivity contribution in [3.8, 4) is 5.88 Å². The van der Waals surface area contributed by atoms with E-state index < -0.39 is 6.10 Å². The van der Waals surface area contributed by atoms with Crippen molar-refractivity contribution in [1.29, 1.82) is 0 Å². The Morgan fingerprint density at radius 2 is 2.35 bits per heavy atom. The van der Waals surface area contributed by atoms with Gasteiger partial charge >= 0.3 is 5.95 Å². The number of nitrogens with zero attached hydrogens (tertiary/aromatic N) is 2. The van der Waals surface area contributed by atoms with E-state index in [4.69, 9.17) is 20.7 Å². The molecule has 9 nitrogen and oxygen atoms in total. The van der Waals surface area contributed by atoms with E-state index in [1.165, 1.54) is 13.3 Å². The van der Waals surface area contributed by atoms with E-state index >= 15 is 0 Å². The van der Waals surface area contributed by atoms with Crippen LogP contribution in [0.25, 0.3) is 11.2 Å². The maximum absolute atomic E-state index is 9.33. The van der Waals surface area contributed by atoms with Crippen molar-refractivity contribution in [1.82, 2.24) is 15.0 Å². The van der Waals surface area contributed by atoms with Gasteiger partial charge in [0.25, 0.3) is 11.5 Å². The van der Waals surface area contributed by atoms with Gasteiger partial charge in [-0.2, -0.15) is 0 Å². The van der Waals surface area contributed by atoms with Gasteiger partial charge in [-0.25, -0.2) is 9.97 Å². The summed E-state index contributed by atoms with van der Waals surface area (Å²) in [6.07, 6.45) is 0.515. The van der Waals surface area contributed by atoms with Crippen LogP contribution in [0.15, 0.2) is 18.7 Å². The van der Waals surface area contributed by atoms with Crippen LogP contribution in [0.2, 0.25) is 0 Å². The highest BCUT2D eigenvalue weighted by Gasteiger charge is 2.15. The molecule has 110 valence electrons. The van der Waals surface area contributed by atoms with Gasteiger partial charge in [-0.15, -0.1) is 12.3 Å². The second-order valence-corrected chi connectivity index (χ2v) is 3.90. The average molecular weight is 283 g/mol. The van der Waals surface area contributed by atoms with Crippen molar-refractivity contribution in [3.05, 3.63) is 18.7 Å². The van der Waals surface area contributed by atoms with Crippen LogP contribution < -0.4 is 20.6 Å². The zero-order valence-electron chi connectivity index (χ0n) is 11.0. The standard InChI is InChI=1S/C8H11N5O3.C3H6O/c9-8-12-6-5(10-3-11-6)7(13-8)16-2-4(15)1-14;1-3(2)4/h3-4,14-15H,1-2H2,(H3,9,10,11,12,13);4H,1H2,2H3. The summed E-state index contributed by atoms with van der Waals surface area (Å²) in [5.74, 6) is 0.403. The molecule has 0 fully saturated rings. The summed E-state index contributed by atoms with van der Waals surface area (Å²) in [5, 5.41) is 27.1. The number of rotatable bonds is 4. The van der Waals surface area contributed by atoms with E-state index in [0.717, 1.165) is 0 Å². The number of aromatic amines is 2. The summed E-state index contributed by atoms with van der Waals surface area (Å²) in [4.78, 5) is 13.4. The number of imidazole rings is 1. The summed E-state index contributed by atoms with van der Waals surface area (Å²) >= 11 is 0. The summed E-state index contributed by atoms with van der Waals surface area (Å²) in [7, 11) is 0. The molecule has 1 atom stereocenters. The van der Waals surface area contributed by atoms with Crippen LogP contribution >= 0.6 is 0 Å². The lowest BCUT2D eigenvalue weighted by molar-refractivity contribution is -0.380. The number of H-pyrrole nitrogens is 2. The van der Waals surface area contributed by atoms with Crippen LogP contribution in [0.4, 0.5) is 5.95 Å². The quantitative estimate of drug-likeness (QED) is 0.471. The minimum atomic E-state index is -0.944. The molecule has 6 N–H and O–H groups in total. The van der Waals surface area contributed by atoms with Gasteiger partial charge in [0.05, 0.1) is 12.9 Å². The van der Waals surface area contributed by atoms with Gasteiger partial charge in [0, 0.05) is 0 Å². The van der Waals surface area contributed by atoms with Crippen molar-refractivity contribution < 1.29 is 25.0 Å². The summed E-state index contributed by atoms with van der Waals surface area (Å²) < 4.78 is 5.25. The molecule has 1 unspecified atom stereocenters. The number of nitrogen functional groups attached to an aromatic ring is 1. The van der Waals surface area contributed by atoms with E-state index in [0.29, 0.717) is 17.0 Å². The predicted octanol–water partition coefficient (Wildman–Crippen LogP) is -2.03. The van der Waals surface area contributed by atoms with Crippen molar-refractivity contribution >= 4 is 17.1 Å². The first kappa shape index (κ1) is 15.7. The number of aromatic nitrogens is 4. The van der Waals surface area contributed by atoms with E-state index in [9.17, 15) is 5.11 Å². The van der Waals surface area contributed by atoms with Crippen LogP contribution in [0, 0.1) is 0 Å². The number of ether oxygens (including phenoxy) is 1. The monoisotopic (exact) mass is 283 g/mol. The average Bonchev–Trinajstić information content (AvgIpc) is 2.82. The number of hydrogen-bond acceptors (Lipinski definition) is 7. The van der Waals surface area contributed by atoms with E-state index in [1.54, 1.807) is 0 Å². The molecular weight excluding hydrogens is 266 g/mol. The van der Waals surface area contributed by atoms with Crippen molar-refractivity contribution in [2.24, 2.45) is 0 Å². The third-order valence-corrected chi connectivity index (χ3v) is 1.95. The van der Waals surface area contributed by atoms with Crippen LogP contribution in [0.5, 0.6) is 5.88 Å². The second kappa shape index (κ2) is 7.26. The van der Waals surface area contributed by atoms with E-state index in [1.807, 2.05) is 0 Å². The number of allylic oxidation sites excluding steroid dienone is 1. The van der Waals surface area contributed by atoms with Crippen LogP contribution in [-0.4, -0.2) is 44.5 Å². The maximum Gasteiger partial charge on any atom is 0.392 e. The SMILES string of the molecule is C=C(C)[O-].Nc1nc2nc[nH]c2c(OCC(O)CO)[nH+]1. The molecular formula is C11H17N5O4. The Morgan fingerprint density at radius 3 is 2.95 bits per heavy atom. The van der Waals surface area contributed by atoms with Gasteiger partial charge in [-0.3, -0.25) is 5.73 Å². The van der Waals surface area contributed by atoms with Gasteiger partial charge in [0.1, 0.15) is 12.7 Å². The molecule has 2 aromatic heterocycles. The van der Waals surface area contributed by atoms with Gasteiger partial charge in [0.2, 0.25) is 0 Å². The number of aliphatic hydroxyl groups is 2. The number of nitrogens with two attached hydrogens (primary N) is 1. The Hall–Kier alpha value is -2.39. The predicted molar refractivity (Wildman–Crippen MR) is 68.3 cm³/mol. The molecule has 0 saturated heterocycles. The number of nitrogens with one attached hydrogen (secondary N) is 2. The van der Waals surface area contributed by atoms with Crippen molar-refractivity contribution in [2.75, 3.05) is 18.9 Å². The Balaban J connectivity index is 0.000000444. The fourth-order valence-corrected chi connectivity index (χ4v) is 1.20. The van der Waals surface area contributed by atoms with Gasteiger partial charge in [-0.05, 0) is 4.98 Å². The van der Waals surface area contributed by atoms with Crippen LogP contribution in [-0.2, 0) is 0 Å².